The van der Waals surface area contributed by atoms with Gasteiger partial charge in [0.2, 0.25) is 5.75 Å². The number of hydrogen-bond acceptors (Lipinski definition) is 6. The maximum Gasteiger partial charge on any atom is 0.336 e. The summed E-state index contributed by atoms with van der Waals surface area (Å²) in [4.78, 5) is 23.6. The second-order valence-corrected chi connectivity index (χ2v) is 6.39. The predicted molar refractivity (Wildman–Crippen MR) is 108 cm³/mol. The van der Waals surface area contributed by atoms with Gasteiger partial charge in [-0.15, -0.1) is 0 Å². The highest BCUT2D eigenvalue weighted by molar-refractivity contribution is 5.93. The lowest BCUT2D eigenvalue weighted by molar-refractivity contribution is -0.138. The summed E-state index contributed by atoms with van der Waals surface area (Å²) in [7, 11) is 2.93. The molecule has 0 aromatic heterocycles. The summed E-state index contributed by atoms with van der Waals surface area (Å²) in [6.07, 6.45) is 11.5. The maximum absolute atomic E-state index is 11.9. The van der Waals surface area contributed by atoms with E-state index in [4.69, 9.17) is 18.9 Å². The summed E-state index contributed by atoms with van der Waals surface area (Å²) < 4.78 is 20.6. The highest BCUT2D eigenvalue weighted by atomic mass is 16.6. The molecular formula is C22H32O6. The number of carbonyl (C=O) groups excluding carboxylic acids is 2. The van der Waals surface area contributed by atoms with Crippen LogP contribution in [0.2, 0.25) is 0 Å². The fourth-order valence-corrected chi connectivity index (χ4v) is 2.65. The van der Waals surface area contributed by atoms with Gasteiger partial charge in [-0.1, -0.05) is 57.9 Å². The van der Waals surface area contributed by atoms with E-state index < -0.39 is 11.9 Å². The molecule has 0 spiro atoms. The number of methoxy groups -OCH3 is 2. The van der Waals surface area contributed by atoms with Gasteiger partial charge < -0.3 is 18.9 Å². The van der Waals surface area contributed by atoms with E-state index in [9.17, 15) is 9.59 Å². The van der Waals surface area contributed by atoms with Crippen LogP contribution >= 0.6 is 0 Å². The van der Waals surface area contributed by atoms with E-state index in [1.807, 2.05) is 0 Å². The van der Waals surface area contributed by atoms with Gasteiger partial charge in [-0.2, -0.15) is 0 Å². The van der Waals surface area contributed by atoms with Crippen LogP contribution in [0.3, 0.4) is 0 Å². The Labute approximate surface area is 167 Å². The van der Waals surface area contributed by atoms with Gasteiger partial charge >= 0.3 is 11.9 Å². The SMILES string of the molecule is CCCCCCCCCCOC(=O)/C=C/C(=O)Oc1c(OC)cccc1OC. The van der Waals surface area contributed by atoms with E-state index in [-0.39, 0.29) is 5.75 Å². The Morgan fingerprint density at radius 2 is 1.36 bits per heavy atom. The van der Waals surface area contributed by atoms with Gasteiger partial charge in [0.25, 0.3) is 0 Å². The van der Waals surface area contributed by atoms with Gasteiger partial charge in [0.1, 0.15) is 0 Å². The second-order valence-electron chi connectivity index (χ2n) is 6.39. The smallest absolute Gasteiger partial charge is 0.336 e. The number of rotatable bonds is 14. The number of unbranched alkanes of at least 4 members (excludes halogenated alkanes) is 7. The molecule has 0 radical (unpaired) electrons. The summed E-state index contributed by atoms with van der Waals surface area (Å²) >= 11 is 0. The summed E-state index contributed by atoms with van der Waals surface area (Å²) in [6, 6.07) is 5.01. The predicted octanol–water partition coefficient (Wildman–Crippen LogP) is 4.85. The molecule has 1 aromatic rings. The summed E-state index contributed by atoms with van der Waals surface area (Å²) in [5.74, 6) is -0.398. The van der Waals surface area contributed by atoms with Crippen LogP contribution in [0.4, 0.5) is 0 Å². The third-order valence-corrected chi connectivity index (χ3v) is 4.18. The van der Waals surface area contributed by atoms with E-state index in [0.717, 1.165) is 31.4 Å². The van der Waals surface area contributed by atoms with Crippen molar-refractivity contribution in [1.29, 1.82) is 0 Å². The largest absolute Gasteiger partial charge is 0.493 e. The zero-order valence-corrected chi connectivity index (χ0v) is 17.2. The van der Waals surface area contributed by atoms with Crippen molar-refractivity contribution in [3.05, 3.63) is 30.4 Å². The highest BCUT2D eigenvalue weighted by Crippen LogP contribution is 2.36. The van der Waals surface area contributed by atoms with E-state index in [2.05, 4.69) is 6.92 Å². The lowest BCUT2D eigenvalue weighted by Gasteiger charge is -2.11. The van der Waals surface area contributed by atoms with Crippen LogP contribution < -0.4 is 14.2 Å². The van der Waals surface area contributed by atoms with Gasteiger partial charge in [-0.25, -0.2) is 9.59 Å². The molecule has 1 rings (SSSR count). The molecule has 0 atom stereocenters. The van der Waals surface area contributed by atoms with Crippen LogP contribution in [0.5, 0.6) is 17.2 Å². The summed E-state index contributed by atoms with van der Waals surface area (Å²) in [6.45, 7) is 2.56. The van der Waals surface area contributed by atoms with Crippen LogP contribution in [0.15, 0.2) is 30.4 Å². The number of benzene rings is 1. The first-order chi connectivity index (χ1) is 13.6. The Balaban J connectivity index is 2.29. The first kappa shape index (κ1) is 23.5. The van der Waals surface area contributed by atoms with E-state index in [1.54, 1.807) is 18.2 Å². The topological polar surface area (TPSA) is 71.1 Å². The van der Waals surface area contributed by atoms with Crippen LogP contribution in [0.25, 0.3) is 0 Å². The average Bonchev–Trinajstić information content (AvgIpc) is 2.71. The van der Waals surface area contributed by atoms with Crippen LogP contribution in [0, 0.1) is 0 Å². The van der Waals surface area contributed by atoms with Crippen molar-refractivity contribution in [3.63, 3.8) is 0 Å². The molecule has 0 heterocycles. The molecule has 28 heavy (non-hydrogen) atoms. The molecule has 1 aromatic carbocycles. The normalized spacial score (nSPS) is 10.7. The molecule has 0 aliphatic carbocycles. The summed E-state index contributed by atoms with van der Waals surface area (Å²) in [5.41, 5.74) is 0. The van der Waals surface area contributed by atoms with Gasteiger partial charge in [-0.05, 0) is 18.6 Å². The minimum absolute atomic E-state index is 0.162. The van der Waals surface area contributed by atoms with Crippen molar-refractivity contribution in [1.82, 2.24) is 0 Å². The summed E-state index contributed by atoms with van der Waals surface area (Å²) in [5, 5.41) is 0. The minimum Gasteiger partial charge on any atom is -0.493 e. The van der Waals surface area contributed by atoms with Crippen LogP contribution in [-0.4, -0.2) is 32.8 Å². The number of ether oxygens (including phenoxy) is 4. The molecule has 6 heteroatoms. The molecule has 0 unspecified atom stereocenters. The third-order valence-electron chi connectivity index (χ3n) is 4.18. The molecule has 0 amide bonds. The van der Waals surface area contributed by atoms with Crippen molar-refractivity contribution in [2.45, 2.75) is 58.3 Å². The first-order valence-corrected chi connectivity index (χ1v) is 9.90. The molecular weight excluding hydrogens is 360 g/mol. The zero-order chi connectivity index (χ0) is 20.6. The van der Waals surface area contributed by atoms with Crippen LogP contribution in [0.1, 0.15) is 58.3 Å². The first-order valence-electron chi connectivity index (χ1n) is 9.90. The molecule has 156 valence electrons. The Hall–Kier alpha value is -2.50. The second kappa shape index (κ2) is 14.5. The third kappa shape index (κ3) is 9.44. The zero-order valence-electron chi connectivity index (χ0n) is 17.2. The number of hydrogen-bond donors (Lipinski definition) is 0. The van der Waals surface area contributed by atoms with Crippen molar-refractivity contribution >= 4 is 11.9 Å². The minimum atomic E-state index is -0.716. The fourth-order valence-electron chi connectivity index (χ4n) is 2.65. The van der Waals surface area contributed by atoms with Gasteiger partial charge in [0.05, 0.1) is 20.8 Å². The van der Waals surface area contributed by atoms with Crippen molar-refractivity contribution in [2.75, 3.05) is 20.8 Å². The molecule has 0 bridgehead atoms. The monoisotopic (exact) mass is 392 g/mol. The van der Waals surface area contributed by atoms with Crippen molar-refractivity contribution < 1.29 is 28.5 Å². The van der Waals surface area contributed by atoms with Gasteiger partial charge in [0, 0.05) is 12.2 Å². The molecule has 6 nitrogen and oxygen atoms in total. The molecule has 0 saturated heterocycles. The quantitative estimate of drug-likeness (QED) is 0.195. The number of carbonyl (C=O) groups is 2. The van der Waals surface area contributed by atoms with Crippen LogP contribution in [-0.2, 0) is 14.3 Å². The Morgan fingerprint density at radius 3 is 1.93 bits per heavy atom. The molecule has 0 aliphatic heterocycles. The molecule has 0 N–H and O–H groups in total. The average molecular weight is 392 g/mol. The van der Waals surface area contributed by atoms with Gasteiger partial charge in [0.15, 0.2) is 11.5 Å². The molecule has 0 fully saturated rings. The highest BCUT2D eigenvalue weighted by Gasteiger charge is 2.14. The molecule has 0 aliphatic rings. The lowest BCUT2D eigenvalue weighted by atomic mass is 10.1. The van der Waals surface area contributed by atoms with E-state index in [1.165, 1.54) is 46.3 Å². The van der Waals surface area contributed by atoms with E-state index in [0.29, 0.717) is 18.1 Å². The maximum atomic E-state index is 11.9. The number of para-hydroxylation sites is 1. The fraction of sp³-hybridized carbons (Fsp3) is 0.545. The standard InChI is InChI=1S/C22H32O6/c1-4-5-6-7-8-9-10-11-17-27-20(23)15-16-21(24)28-22-18(25-2)13-12-14-19(22)26-3/h12-16H,4-11,17H2,1-3H3/b16-15+. The Kier molecular flexibility index (Phi) is 12.2. The van der Waals surface area contributed by atoms with Crippen molar-refractivity contribution in [3.8, 4) is 17.2 Å². The van der Waals surface area contributed by atoms with E-state index >= 15 is 0 Å². The van der Waals surface area contributed by atoms with Gasteiger partial charge in [-0.3, -0.25) is 0 Å². The Bertz CT molecular complexity index is 601. The lowest BCUT2D eigenvalue weighted by Crippen LogP contribution is -2.08. The Morgan fingerprint density at radius 1 is 0.821 bits per heavy atom. The van der Waals surface area contributed by atoms with Crippen molar-refractivity contribution in [2.24, 2.45) is 0 Å². The number of esters is 2. The molecule has 0 saturated carbocycles.